The maximum absolute atomic E-state index is 13.2. The van der Waals surface area contributed by atoms with E-state index in [1.807, 2.05) is 43.5 Å². The van der Waals surface area contributed by atoms with Crippen molar-refractivity contribution in [2.75, 3.05) is 5.32 Å². The first-order chi connectivity index (χ1) is 17.2. The molecule has 3 aromatic heterocycles. The van der Waals surface area contributed by atoms with Crippen LogP contribution in [0, 0.1) is 13.8 Å². The number of amides is 2. The first-order valence-corrected chi connectivity index (χ1v) is 11.2. The number of rotatable bonds is 5. The van der Waals surface area contributed by atoms with Crippen LogP contribution in [-0.2, 0) is 7.05 Å². The van der Waals surface area contributed by atoms with Crippen LogP contribution in [0.15, 0.2) is 71.7 Å². The summed E-state index contributed by atoms with van der Waals surface area (Å²) in [6, 6.07) is 17.6. The standard InChI is InChI=1S/C26H23N7O3/c1-15-11-22(25(35)28-20-6-4-5-18(12-20)24(27)34)23-13-19(14-32(23)29-15)17-7-9-21(10-8-17)33-16(2)30-31(3)26(33)36/h4-14H,1-3H3,(H2,27,34)(H,28,35). The molecule has 10 nitrogen and oxygen atoms in total. The molecule has 0 unspecified atom stereocenters. The van der Waals surface area contributed by atoms with Crippen LogP contribution < -0.4 is 16.7 Å². The highest BCUT2D eigenvalue weighted by Gasteiger charge is 2.16. The maximum Gasteiger partial charge on any atom is 0.350 e. The number of primary amides is 1. The highest BCUT2D eigenvalue weighted by atomic mass is 16.2. The molecule has 2 amide bonds. The molecule has 0 spiro atoms. The quantitative estimate of drug-likeness (QED) is 0.399. The molecule has 2 aromatic carbocycles. The number of hydrogen-bond acceptors (Lipinski definition) is 5. The molecular weight excluding hydrogens is 458 g/mol. The van der Waals surface area contributed by atoms with E-state index in [9.17, 15) is 14.4 Å². The number of carbonyl (C=O) groups excluding carboxylic acids is 2. The van der Waals surface area contributed by atoms with Crippen LogP contribution >= 0.6 is 0 Å². The Morgan fingerprint density at radius 1 is 0.944 bits per heavy atom. The highest BCUT2D eigenvalue weighted by Crippen LogP contribution is 2.26. The number of anilines is 1. The fraction of sp³-hybridized carbons (Fsp3) is 0.115. The number of aryl methyl sites for hydroxylation is 3. The molecule has 10 heteroatoms. The molecule has 0 aliphatic carbocycles. The molecule has 0 saturated carbocycles. The summed E-state index contributed by atoms with van der Waals surface area (Å²) < 4.78 is 4.51. The van der Waals surface area contributed by atoms with Crippen LogP contribution in [0.2, 0.25) is 0 Å². The monoisotopic (exact) mass is 481 g/mol. The van der Waals surface area contributed by atoms with Crippen molar-refractivity contribution < 1.29 is 9.59 Å². The van der Waals surface area contributed by atoms with Gasteiger partial charge in [-0.15, -0.1) is 0 Å². The van der Waals surface area contributed by atoms with Gasteiger partial charge in [0.1, 0.15) is 5.82 Å². The summed E-state index contributed by atoms with van der Waals surface area (Å²) >= 11 is 0. The lowest BCUT2D eigenvalue weighted by Gasteiger charge is -2.08. The predicted molar refractivity (Wildman–Crippen MR) is 135 cm³/mol. The predicted octanol–water partition coefficient (Wildman–Crippen LogP) is 2.85. The minimum atomic E-state index is -0.570. The summed E-state index contributed by atoms with van der Waals surface area (Å²) in [5, 5.41) is 11.5. The van der Waals surface area contributed by atoms with Gasteiger partial charge in [0, 0.05) is 30.1 Å². The minimum absolute atomic E-state index is 0.216. The fourth-order valence-corrected chi connectivity index (χ4v) is 4.19. The first-order valence-electron chi connectivity index (χ1n) is 11.2. The van der Waals surface area contributed by atoms with Crippen LogP contribution in [0.3, 0.4) is 0 Å². The number of aromatic nitrogens is 5. The van der Waals surface area contributed by atoms with Crippen molar-refractivity contribution in [2.45, 2.75) is 13.8 Å². The number of carbonyl (C=O) groups is 2. The van der Waals surface area contributed by atoms with Crippen molar-refractivity contribution in [2.24, 2.45) is 12.8 Å². The average molecular weight is 482 g/mol. The molecule has 0 atom stereocenters. The van der Waals surface area contributed by atoms with Crippen molar-refractivity contribution in [1.29, 1.82) is 0 Å². The van der Waals surface area contributed by atoms with Gasteiger partial charge in [0.05, 0.1) is 22.5 Å². The van der Waals surface area contributed by atoms with Gasteiger partial charge in [0.15, 0.2) is 0 Å². The van der Waals surface area contributed by atoms with Gasteiger partial charge < -0.3 is 11.1 Å². The van der Waals surface area contributed by atoms with Crippen molar-refractivity contribution in [1.82, 2.24) is 24.0 Å². The van der Waals surface area contributed by atoms with Gasteiger partial charge in [-0.1, -0.05) is 18.2 Å². The van der Waals surface area contributed by atoms with Crippen LogP contribution in [0.25, 0.3) is 22.3 Å². The smallest absolute Gasteiger partial charge is 0.350 e. The van der Waals surface area contributed by atoms with E-state index < -0.39 is 5.91 Å². The van der Waals surface area contributed by atoms with Gasteiger partial charge in [0.2, 0.25) is 5.91 Å². The van der Waals surface area contributed by atoms with E-state index in [0.29, 0.717) is 39.5 Å². The Morgan fingerprint density at radius 2 is 1.69 bits per heavy atom. The zero-order valence-corrected chi connectivity index (χ0v) is 19.9. The second kappa shape index (κ2) is 8.66. The highest BCUT2D eigenvalue weighted by molar-refractivity contribution is 6.09. The van der Waals surface area contributed by atoms with Crippen molar-refractivity contribution in [3.63, 3.8) is 0 Å². The van der Waals surface area contributed by atoms with E-state index in [1.54, 1.807) is 47.3 Å². The second-order valence-electron chi connectivity index (χ2n) is 8.49. The van der Waals surface area contributed by atoms with E-state index in [2.05, 4.69) is 15.5 Å². The number of nitrogens with zero attached hydrogens (tertiary/aromatic N) is 5. The van der Waals surface area contributed by atoms with Crippen molar-refractivity contribution in [3.8, 4) is 16.8 Å². The van der Waals surface area contributed by atoms with Crippen LogP contribution in [0.4, 0.5) is 5.69 Å². The van der Waals surface area contributed by atoms with E-state index >= 15 is 0 Å². The van der Waals surface area contributed by atoms with Gasteiger partial charge in [-0.3, -0.25) is 9.59 Å². The molecule has 0 aliphatic heterocycles. The van der Waals surface area contributed by atoms with Gasteiger partial charge in [-0.05, 0) is 61.9 Å². The molecule has 0 bridgehead atoms. The van der Waals surface area contributed by atoms with E-state index in [1.165, 1.54) is 10.7 Å². The summed E-state index contributed by atoms with van der Waals surface area (Å²) in [5.74, 6) is -0.306. The Morgan fingerprint density at radius 3 is 2.36 bits per heavy atom. The Labute approximate surface area is 205 Å². The molecule has 5 rings (SSSR count). The summed E-state index contributed by atoms with van der Waals surface area (Å²) in [6.45, 7) is 3.59. The van der Waals surface area contributed by atoms with E-state index in [-0.39, 0.29) is 11.6 Å². The molecule has 3 heterocycles. The molecule has 0 fully saturated rings. The molecule has 36 heavy (non-hydrogen) atoms. The zero-order valence-electron chi connectivity index (χ0n) is 19.9. The second-order valence-corrected chi connectivity index (χ2v) is 8.49. The average Bonchev–Trinajstić information content (AvgIpc) is 3.38. The summed E-state index contributed by atoms with van der Waals surface area (Å²) in [6.07, 6.45) is 1.85. The third-order valence-corrected chi connectivity index (χ3v) is 5.89. The number of nitrogens with one attached hydrogen (secondary N) is 1. The van der Waals surface area contributed by atoms with E-state index in [4.69, 9.17) is 5.73 Å². The third-order valence-electron chi connectivity index (χ3n) is 5.89. The van der Waals surface area contributed by atoms with Gasteiger partial charge in [0.25, 0.3) is 5.91 Å². The van der Waals surface area contributed by atoms with Gasteiger partial charge in [-0.2, -0.15) is 10.2 Å². The van der Waals surface area contributed by atoms with Crippen LogP contribution in [-0.4, -0.2) is 35.8 Å². The fourth-order valence-electron chi connectivity index (χ4n) is 4.19. The molecule has 0 radical (unpaired) electrons. The number of benzene rings is 2. The number of nitrogens with two attached hydrogens (primary N) is 1. The van der Waals surface area contributed by atoms with Crippen molar-refractivity contribution >= 4 is 23.0 Å². The third kappa shape index (κ3) is 4.05. The topological polar surface area (TPSA) is 129 Å². The Balaban J connectivity index is 1.49. The van der Waals surface area contributed by atoms with Crippen LogP contribution in [0.5, 0.6) is 0 Å². The minimum Gasteiger partial charge on any atom is -0.366 e. The lowest BCUT2D eigenvalue weighted by atomic mass is 10.1. The molecule has 5 aromatic rings. The summed E-state index contributed by atoms with van der Waals surface area (Å²) in [7, 11) is 1.62. The molecule has 0 aliphatic rings. The van der Waals surface area contributed by atoms with Gasteiger partial charge in [-0.25, -0.2) is 18.6 Å². The SMILES string of the molecule is Cc1cc(C(=O)Nc2cccc(C(N)=O)c2)c2cc(-c3ccc(-n4c(C)nn(C)c4=O)cc3)cn2n1. The molecule has 3 N–H and O–H groups in total. The molecule has 0 saturated heterocycles. The number of fused-ring (bicyclic) bond motifs is 1. The lowest BCUT2D eigenvalue weighted by molar-refractivity contribution is 0.0996. The summed E-state index contributed by atoms with van der Waals surface area (Å²) in [4.78, 5) is 37.0. The van der Waals surface area contributed by atoms with Gasteiger partial charge >= 0.3 is 5.69 Å². The Bertz CT molecular complexity index is 1710. The largest absolute Gasteiger partial charge is 0.366 e. The maximum atomic E-state index is 13.2. The Hall–Kier alpha value is -4.99. The normalized spacial score (nSPS) is 11.1. The van der Waals surface area contributed by atoms with Crippen LogP contribution in [0.1, 0.15) is 32.2 Å². The number of hydrogen-bond donors (Lipinski definition) is 2. The molecular formula is C26H23N7O3. The summed E-state index contributed by atoms with van der Waals surface area (Å²) in [5.41, 5.74) is 10.1. The molecule has 180 valence electrons. The lowest BCUT2D eigenvalue weighted by Crippen LogP contribution is -2.21. The first kappa shape index (κ1) is 22.8. The Kier molecular flexibility index (Phi) is 5.48. The zero-order chi connectivity index (χ0) is 25.6. The van der Waals surface area contributed by atoms with Crippen molar-refractivity contribution in [3.05, 3.63) is 100.0 Å². The van der Waals surface area contributed by atoms with E-state index in [0.717, 1.165) is 11.1 Å².